The smallest absolute Gasteiger partial charge is 0.307 e. The van der Waals surface area contributed by atoms with E-state index in [2.05, 4.69) is 0 Å². The summed E-state index contributed by atoms with van der Waals surface area (Å²) < 4.78 is 52.5. The third-order valence-electron chi connectivity index (χ3n) is 9.27. The Hall–Kier alpha value is -1.91. The van der Waals surface area contributed by atoms with Crippen molar-refractivity contribution in [1.29, 1.82) is 0 Å². The molecule has 4 aliphatic rings. The number of fused-ring (bicyclic) bond motifs is 5. The topological polar surface area (TPSA) is 135 Å². The first kappa shape index (κ1) is 26.2. The van der Waals surface area contributed by atoms with Crippen LogP contribution in [0.1, 0.15) is 52.9 Å². The first-order chi connectivity index (χ1) is 16.1. The quantitative estimate of drug-likeness (QED) is 0.410. The molecule has 0 unspecified atom stereocenters. The van der Waals surface area contributed by atoms with E-state index in [4.69, 9.17) is 9.29 Å². The SMILES string of the molecule is C[C@@H]1C[C@H]2[C@@H]3CCC4=CC(=O)C=C[C@]4(C)[C@@]3(F)[C@@H](O)C[C@]2(C)[C@H]1C(=O)COC(=O)CCS(=O)(=O)O. The van der Waals surface area contributed by atoms with E-state index >= 15 is 4.39 Å². The van der Waals surface area contributed by atoms with Gasteiger partial charge in [-0.2, -0.15) is 8.42 Å². The maximum Gasteiger partial charge on any atom is 0.307 e. The number of Topliss-reactive ketones (excluding diaryl/α,β-unsaturated/α-hetero) is 1. The average molecular weight is 513 g/mol. The Morgan fingerprint density at radius 1 is 1.26 bits per heavy atom. The van der Waals surface area contributed by atoms with E-state index in [0.717, 1.165) is 0 Å². The molecule has 0 spiro atoms. The monoisotopic (exact) mass is 512 g/mol. The van der Waals surface area contributed by atoms with Crippen LogP contribution in [0.4, 0.5) is 4.39 Å². The van der Waals surface area contributed by atoms with Crippen molar-refractivity contribution in [3.05, 3.63) is 23.8 Å². The summed E-state index contributed by atoms with van der Waals surface area (Å²) in [4.78, 5) is 37.0. The lowest BCUT2D eigenvalue weighted by molar-refractivity contribution is -0.196. The number of aliphatic hydroxyl groups is 1. The molecule has 8 atom stereocenters. The van der Waals surface area contributed by atoms with Crippen LogP contribution in [0, 0.1) is 34.5 Å². The van der Waals surface area contributed by atoms with Crippen LogP contribution in [0.15, 0.2) is 23.8 Å². The number of aliphatic hydroxyl groups excluding tert-OH is 1. The molecule has 0 radical (unpaired) electrons. The second kappa shape index (κ2) is 8.59. The number of allylic oxidation sites excluding steroid dienone is 4. The molecule has 0 heterocycles. The van der Waals surface area contributed by atoms with Crippen LogP contribution in [0.3, 0.4) is 0 Å². The Bertz CT molecular complexity index is 1110. The minimum absolute atomic E-state index is 0.0623. The highest BCUT2D eigenvalue weighted by Gasteiger charge is 2.71. The summed E-state index contributed by atoms with van der Waals surface area (Å²) in [6.45, 7) is 5.01. The van der Waals surface area contributed by atoms with Gasteiger partial charge in [0.25, 0.3) is 10.1 Å². The molecule has 0 aromatic heterocycles. The Morgan fingerprint density at radius 3 is 2.60 bits per heavy atom. The van der Waals surface area contributed by atoms with Crippen LogP contribution in [0.25, 0.3) is 0 Å². The molecular formula is C25H33FO8S. The second-order valence-corrected chi connectivity index (χ2v) is 12.8. The van der Waals surface area contributed by atoms with Gasteiger partial charge in [-0.05, 0) is 62.0 Å². The minimum Gasteiger partial charge on any atom is -0.458 e. The number of halogens is 1. The molecule has 8 nitrogen and oxygen atoms in total. The fourth-order valence-corrected chi connectivity index (χ4v) is 8.21. The van der Waals surface area contributed by atoms with E-state index in [-0.39, 0.29) is 29.8 Å². The highest BCUT2D eigenvalue weighted by atomic mass is 32.2. The third-order valence-corrected chi connectivity index (χ3v) is 9.99. The zero-order chi connectivity index (χ0) is 26.0. The molecule has 0 bridgehead atoms. The molecule has 3 saturated carbocycles. The fourth-order valence-electron chi connectivity index (χ4n) is 7.79. The van der Waals surface area contributed by atoms with Crippen LogP contribution >= 0.6 is 0 Å². The first-order valence-electron chi connectivity index (χ1n) is 12.1. The third kappa shape index (κ3) is 4.11. The number of carbonyl (C=O) groups is 3. The second-order valence-electron chi connectivity index (χ2n) is 11.2. The number of hydrogen-bond acceptors (Lipinski definition) is 7. The van der Waals surface area contributed by atoms with Crippen LogP contribution in [-0.4, -0.2) is 59.7 Å². The summed E-state index contributed by atoms with van der Waals surface area (Å²) in [7, 11) is -4.32. The van der Waals surface area contributed by atoms with Crippen molar-refractivity contribution in [3.63, 3.8) is 0 Å². The van der Waals surface area contributed by atoms with Crippen molar-refractivity contribution in [1.82, 2.24) is 0 Å². The number of rotatable bonds is 6. The number of alkyl halides is 1. The molecule has 2 N–H and O–H groups in total. The van der Waals surface area contributed by atoms with Crippen molar-refractivity contribution < 1.29 is 41.6 Å². The Balaban J connectivity index is 1.55. The number of carbonyl (C=O) groups excluding carboxylic acids is 3. The summed E-state index contributed by atoms with van der Waals surface area (Å²) in [5.41, 5.74) is -3.08. The lowest BCUT2D eigenvalue weighted by Crippen LogP contribution is -2.66. The van der Waals surface area contributed by atoms with Crippen LogP contribution in [0.5, 0.6) is 0 Å². The maximum absolute atomic E-state index is 17.1. The molecule has 0 aromatic rings. The van der Waals surface area contributed by atoms with Gasteiger partial charge in [0.1, 0.15) is 6.61 Å². The van der Waals surface area contributed by atoms with Crippen molar-refractivity contribution in [2.24, 2.45) is 34.5 Å². The predicted molar refractivity (Wildman–Crippen MR) is 123 cm³/mol. The van der Waals surface area contributed by atoms with Crippen molar-refractivity contribution >= 4 is 27.7 Å². The first-order valence-corrected chi connectivity index (χ1v) is 13.7. The van der Waals surface area contributed by atoms with Crippen LogP contribution < -0.4 is 0 Å². The highest BCUT2D eigenvalue weighted by molar-refractivity contribution is 7.85. The van der Waals surface area contributed by atoms with Crippen LogP contribution in [0.2, 0.25) is 0 Å². The van der Waals surface area contributed by atoms with Gasteiger partial charge in [0.15, 0.2) is 17.2 Å². The van der Waals surface area contributed by atoms with Gasteiger partial charge in [-0.25, -0.2) is 4.39 Å². The number of ether oxygens (including phenoxy) is 1. The van der Waals surface area contributed by atoms with Gasteiger partial charge < -0.3 is 9.84 Å². The molecule has 10 heteroatoms. The summed E-state index contributed by atoms with van der Waals surface area (Å²) in [5.74, 6) is -3.60. The Labute approximate surface area is 204 Å². The normalized spacial score (nSPS) is 42.5. The molecule has 194 valence electrons. The van der Waals surface area contributed by atoms with Gasteiger partial charge >= 0.3 is 5.97 Å². The predicted octanol–water partition coefficient (Wildman–Crippen LogP) is 2.61. The maximum atomic E-state index is 17.1. The lowest BCUT2D eigenvalue weighted by Gasteiger charge is -2.61. The molecular weight excluding hydrogens is 479 g/mol. The van der Waals surface area contributed by atoms with E-state index in [1.54, 1.807) is 13.0 Å². The largest absolute Gasteiger partial charge is 0.458 e. The molecule has 35 heavy (non-hydrogen) atoms. The molecule has 4 rings (SSSR count). The van der Waals surface area contributed by atoms with Crippen molar-refractivity contribution in [3.8, 4) is 0 Å². The zero-order valence-electron chi connectivity index (χ0n) is 20.2. The highest BCUT2D eigenvalue weighted by Crippen LogP contribution is 2.69. The molecule has 4 aliphatic carbocycles. The summed E-state index contributed by atoms with van der Waals surface area (Å²) in [6, 6.07) is 0. The van der Waals surface area contributed by atoms with E-state index in [1.165, 1.54) is 12.2 Å². The Morgan fingerprint density at radius 2 is 1.94 bits per heavy atom. The van der Waals surface area contributed by atoms with Gasteiger partial charge in [0.05, 0.1) is 18.3 Å². The van der Waals surface area contributed by atoms with Crippen molar-refractivity contribution in [2.45, 2.75) is 64.6 Å². The van der Waals surface area contributed by atoms with E-state index < -0.39 is 69.3 Å². The summed E-state index contributed by atoms with van der Waals surface area (Å²) in [5, 5.41) is 11.3. The van der Waals surface area contributed by atoms with E-state index in [0.29, 0.717) is 24.8 Å². The molecule has 3 fully saturated rings. The molecule has 0 saturated heterocycles. The van der Waals surface area contributed by atoms with Crippen molar-refractivity contribution in [2.75, 3.05) is 12.4 Å². The lowest BCUT2D eigenvalue weighted by atomic mass is 9.45. The summed E-state index contributed by atoms with van der Waals surface area (Å²) in [6.07, 6.45) is 4.19. The van der Waals surface area contributed by atoms with Gasteiger partial charge in [-0.1, -0.05) is 25.5 Å². The van der Waals surface area contributed by atoms with Gasteiger partial charge in [-0.3, -0.25) is 18.9 Å². The number of hydrogen-bond donors (Lipinski definition) is 2. The minimum atomic E-state index is -4.32. The molecule has 0 aliphatic heterocycles. The van der Waals surface area contributed by atoms with Gasteiger partial charge in [-0.15, -0.1) is 0 Å². The van der Waals surface area contributed by atoms with Crippen LogP contribution in [-0.2, 0) is 29.2 Å². The summed E-state index contributed by atoms with van der Waals surface area (Å²) >= 11 is 0. The zero-order valence-corrected chi connectivity index (χ0v) is 21.0. The molecule has 0 amide bonds. The fraction of sp³-hybridized carbons (Fsp3) is 0.720. The number of ketones is 2. The standard InChI is InChI=1S/C25H33FO8S/c1-14-10-18-17-5-4-15-11-16(27)6-8-24(15,3)25(17,26)20(29)12-23(18,2)22(14)19(28)13-34-21(30)7-9-35(31,32)33/h6,8,11,14,17-18,20,22,29H,4-5,7,9-10,12-13H2,1-3H3,(H,31,32,33)/t14-,17+,18+,20+,22-,23+,24+,25+/m1/s1. The molecule has 0 aromatic carbocycles. The van der Waals surface area contributed by atoms with E-state index in [9.17, 15) is 27.9 Å². The van der Waals surface area contributed by atoms with E-state index in [1.807, 2.05) is 13.8 Å². The average Bonchev–Trinajstić information content (AvgIpc) is 3.01. The number of esters is 1. The Kier molecular flexibility index (Phi) is 6.42. The van der Waals surface area contributed by atoms with Gasteiger partial charge in [0.2, 0.25) is 0 Å². The van der Waals surface area contributed by atoms with Gasteiger partial charge in [0, 0.05) is 17.3 Å².